The lowest BCUT2D eigenvalue weighted by atomic mass is 10.1. The smallest absolute Gasteiger partial charge is 0.282 e. The van der Waals surface area contributed by atoms with Crippen molar-refractivity contribution in [1.29, 1.82) is 0 Å². The van der Waals surface area contributed by atoms with Crippen molar-refractivity contribution < 1.29 is 18.1 Å². The molecular weight excluding hydrogens is 356 g/mol. The number of hydrogen-bond acceptors (Lipinski definition) is 5. The average molecular weight is 375 g/mol. The summed E-state index contributed by atoms with van der Waals surface area (Å²) in [5, 5.41) is 10.4. The number of amides is 1. The van der Waals surface area contributed by atoms with E-state index in [2.05, 4.69) is 20.6 Å². The fourth-order valence-corrected chi connectivity index (χ4v) is 2.61. The Bertz CT molecular complexity index is 951. The number of pyridine rings is 1. The number of nitrogens with zero attached hydrogens (tertiary/aromatic N) is 4. The van der Waals surface area contributed by atoms with Crippen LogP contribution >= 0.6 is 0 Å². The largest absolute Gasteiger partial charge is 0.359 e. The normalized spacial score (nSPS) is 12.4. The minimum absolute atomic E-state index is 0.0404. The number of hydrogen-bond donors (Lipinski definition) is 1. The van der Waals surface area contributed by atoms with Crippen LogP contribution in [0.5, 0.6) is 0 Å². The molecule has 1 amide bonds. The Morgan fingerprint density at radius 1 is 1.33 bits per heavy atom. The molecule has 0 aliphatic heterocycles. The molecule has 0 saturated carbocycles. The molecule has 7 nitrogen and oxygen atoms in total. The summed E-state index contributed by atoms with van der Waals surface area (Å²) in [6, 6.07) is 6.05. The summed E-state index contributed by atoms with van der Waals surface area (Å²) < 4.78 is 31.9. The van der Waals surface area contributed by atoms with E-state index in [1.165, 1.54) is 7.05 Å². The molecule has 0 saturated heterocycles. The van der Waals surface area contributed by atoms with Gasteiger partial charge in [0.15, 0.2) is 5.76 Å². The Kier molecular flexibility index (Phi) is 5.29. The number of carbonyl (C=O) groups excluding carboxylic acids is 1. The summed E-state index contributed by atoms with van der Waals surface area (Å²) in [7, 11) is 1.44. The fourth-order valence-electron chi connectivity index (χ4n) is 2.61. The van der Waals surface area contributed by atoms with E-state index < -0.39 is 24.1 Å². The van der Waals surface area contributed by atoms with Crippen molar-refractivity contribution in [3.63, 3.8) is 0 Å². The maximum atomic E-state index is 12.7. The quantitative estimate of drug-likeness (QED) is 0.713. The molecule has 1 N–H and O–H groups in total. The summed E-state index contributed by atoms with van der Waals surface area (Å²) >= 11 is 0. The molecule has 0 aliphatic rings. The van der Waals surface area contributed by atoms with Gasteiger partial charge < -0.3 is 9.84 Å². The van der Waals surface area contributed by atoms with E-state index >= 15 is 0 Å². The van der Waals surface area contributed by atoms with Crippen LogP contribution in [0.15, 0.2) is 35.0 Å². The average Bonchev–Trinajstić information content (AvgIpc) is 3.29. The van der Waals surface area contributed by atoms with Gasteiger partial charge in [-0.1, -0.05) is 12.1 Å². The third kappa shape index (κ3) is 4.02. The van der Waals surface area contributed by atoms with Gasteiger partial charge in [0.05, 0.1) is 6.04 Å². The minimum atomic E-state index is -2.74. The first kappa shape index (κ1) is 18.7. The molecule has 3 heterocycles. The van der Waals surface area contributed by atoms with Gasteiger partial charge in [0.25, 0.3) is 12.3 Å². The SMILES string of the molecule is CCc1cc(-c2cc(C(C)NC(=O)c3cc(C(F)F)nn3C)on2)ccn1. The number of halogens is 2. The molecule has 0 aliphatic carbocycles. The van der Waals surface area contributed by atoms with Crippen LogP contribution in [0.25, 0.3) is 11.3 Å². The van der Waals surface area contributed by atoms with Gasteiger partial charge in [-0.2, -0.15) is 5.10 Å². The van der Waals surface area contributed by atoms with Crippen LogP contribution in [-0.2, 0) is 13.5 Å². The lowest BCUT2D eigenvalue weighted by Gasteiger charge is -2.10. The highest BCUT2D eigenvalue weighted by Crippen LogP contribution is 2.23. The van der Waals surface area contributed by atoms with Gasteiger partial charge in [-0.25, -0.2) is 8.78 Å². The van der Waals surface area contributed by atoms with E-state index in [0.717, 1.165) is 28.4 Å². The topological polar surface area (TPSA) is 85.8 Å². The lowest BCUT2D eigenvalue weighted by Crippen LogP contribution is -2.28. The highest BCUT2D eigenvalue weighted by atomic mass is 19.3. The Balaban J connectivity index is 1.74. The van der Waals surface area contributed by atoms with E-state index in [1.807, 2.05) is 19.1 Å². The van der Waals surface area contributed by atoms with Crippen LogP contribution in [0.3, 0.4) is 0 Å². The Morgan fingerprint density at radius 3 is 2.78 bits per heavy atom. The van der Waals surface area contributed by atoms with Crippen molar-refractivity contribution in [2.45, 2.75) is 32.7 Å². The van der Waals surface area contributed by atoms with Gasteiger partial charge >= 0.3 is 0 Å². The molecule has 142 valence electrons. The van der Waals surface area contributed by atoms with Crippen LogP contribution in [0.4, 0.5) is 8.78 Å². The van der Waals surface area contributed by atoms with Crippen molar-refractivity contribution in [1.82, 2.24) is 25.2 Å². The summed E-state index contributed by atoms with van der Waals surface area (Å²) in [5.41, 5.74) is 2.03. The van der Waals surface area contributed by atoms with Crippen LogP contribution < -0.4 is 5.32 Å². The summed E-state index contributed by atoms with van der Waals surface area (Å²) in [6.07, 6.45) is -0.229. The monoisotopic (exact) mass is 375 g/mol. The summed E-state index contributed by atoms with van der Waals surface area (Å²) in [5.74, 6) is -0.0796. The molecule has 3 aromatic heterocycles. The number of rotatable bonds is 6. The zero-order chi connectivity index (χ0) is 19.6. The second-order valence-electron chi connectivity index (χ2n) is 6.08. The first-order valence-corrected chi connectivity index (χ1v) is 8.44. The van der Waals surface area contributed by atoms with Gasteiger partial charge in [-0.15, -0.1) is 0 Å². The van der Waals surface area contributed by atoms with Crippen LogP contribution in [0, 0.1) is 0 Å². The second-order valence-corrected chi connectivity index (χ2v) is 6.08. The van der Waals surface area contributed by atoms with E-state index in [-0.39, 0.29) is 5.69 Å². The second kappa shape index (κ2) is 7.65. The third-order valence-corrected chi connectivity index (χ3v) is 4.13. The lowest BCUT2D eigenvalue weighted by molar-refractivity contribution is 0.0924. The highest BCUT2D eigenvalue weighted by Gasteiger charge is 2.21. The molecular formula is C18H19F2N5O2. The molecule has 0 aromatic carbocycles. The van der Waals surface area contributed by atoms with E-state index in [9.17, 15) is 13.6 Å². The van der Waals surface area contributed by atoms with Crippen molar-refractivity contribution in [3.8, 4) is 11.3 Å². The Morgan fingerprint density at radius 2 is 2.11 bits per heavy atom. The zero-order valence-corrected chi connectivity index (χ0v) is 15.1. The minimum Gasteiger partial charge on any atom is -0.359 e. The third-order valence-electron chi connectivity index (χ3n) is 4.13. The molecule has 0 bridgehead atoms. The number of carbonyl (C=O) groups is 1. The fraction of sp³-hybridized carbons (Fsp3) is 0.333. The van der Waals surface area contributed by atoms with Crippen LogP contribution in [0.1, 0.15) is 54.0 Å². The van der Waals surface area contributed by atoms with Gasteiger partial charge in [0, 0.05) is 30.6 Å². The molecule has 0 radical (unpaired) electrons. The predicted molar refractivity (Wildman–Crippen MR) is 93.2 cm³/mol. The van der Waals surface area contributed by atoms with Gasteiger partial charge in [-0.3, -0.25) is 14.5 Å². The number of alkyl halides is 2. The molecule has 1 atom stereocenters. The van der Waals surface area contributed by atoms with E-state index in [0.29, 0.717) is 11.5 Å². The number of aromatic nitrogens is 4. The molecule has 9 heteroatoms. The van der Waals surface area contributed by atoms with Crippen LogP contribution in [0.2, 0.25) is 0 Å². The van der Waals surface area contributed by atoms with E-state index in [4.69, 9.17) is 4.52 Å². The standard InChI is InChI=1S/C18H19F2N5O2/c1-4-12-7-11(5-6-21-12)13-9-16(27-24-13)10(2)22-18(26)15-8-14(17(19)20)23-25(15)3/h5-10,17H,4H2,1-3H3,(H,22,26). The first-order chi connectivity index (χ1) is 12.9. The van der Waals surface area contributed by atoms with Crippen molar-refractivity contribution in [2.24, 2.45) is 7.05 Å². The number of aryl methyl sites for hydroxylation is 2. The molecule has 0 spiro atoms. The van der Waals surface area contributed by atoms with E-state index in [1.54, 1.807) is 19.2 Å². The van der Waals surface area contributed by atoms with Crippen molar-refractivity contribution >= 4 is 5.91 Å². The Hall–Kier alpha value is -3.10. The van der Waals surface area contributed by atoms with Crippen LogP contribution in [-0.4, -0.2) is 25.8 Å². The molecule has 1 unspecified atom stereocenters. The zero-order valence-electron chi connectivity index (χ0n) is 15.1. The highest BCUT2D eigenvalue weighted by molar-refractivity contribution is 5.92. The van der Waals surface area contributed by atoms with Crippen molar-refractivity contribution in [2.75, 3.05) is 0 Å². The maximum absolute atomic E-state index is 12.7. The molecule has 3 rings (SSSR count). The first-order valence-electron chi connectivity index (χ1n) is 8.44. The number of nitrogens with one attached hydrogen (secondary N) is 1. The Labute approximate surface area is 154 Å². The summed E-state index contributed by atoms with van der Waals surface area (Å²) in [6.45, 7) is 3.73. The van der Waals surface area contributed by atoms with Gasteiger partial charge in [-0.05, 0) is 31.5 Å². The van der Waals surface area contributed by atoms with Crippen molar-refractivity contribution in [3.05, 3.63) is 53.3 Å². The van der Waals surface area contributed by atoms with Gasteiger partial charge in [0.2, 0.25) is 0 Å². The molecule has 3 aromatic rings. The molecule has 0 fully saturated rings. The summed E-state index contributed by atoms with van der Waals surface area (Å²) in [4.78, 5) is 16.6. The predicted octanol–water partition coefficient (Wildman–Crippen LogP) is 3.46. The van der Waals surface area contributed by atoms with Gasteiger partial charge in [0.1, 0.15) is 17.1 Å². The maximum Gasteiger partial charge on any atom is 0.282 e. The molecule has 27 heavy (non-hydrogen) atoms.